The number of aliphatic hydroxyl groups excluding tert-OH is 5. The van der Waals surface area contributed by atoms with Crippen molar-refractivity contribution in [1.82, 2.24) is 5.32 Å². The molecular weight excluding hydrogens is 1160 g/mol. The van der Waals surface area contributed by atoms with Gasteiger partial charge < -0.3 is 45.1 Å². The molecule has 0 aromatic carbocycles. The summed E-state index contributed by atoms with van der Waals surface area (Å²) >= 11 is 0. The van der Waals surface area contributed by atoms with Crippen LogP contribution in [0.5, 0.6) is 0 Å². The van der Waals surface area contributed by atoms with Gasteiger partial charge in [-0.2, -0.15) is 0 Å². The van der Waals surface area contributed by atoms with Crippen LogP contribution >= 0.6 is 0 Å². The number of aliphatic hydroxyl groups is 5. The fourth-order valence-corrected chi connectivity index (χ4v) is 11.1. The number of hydrogen-bond acceptors (Lipinski definition) is 10. The molecule has 0 bridgehead atoms. The van der Waals surface area contributed by atoms with E-state index in [0.29, 0.717) is 12.8 Å². The van der Waals surface area contributed by atoms with Crippen molar-refractivity contribution in [1.29, 1.82) is 0 Å². The van der Waals surface area contributed by atoms with Crippen LogP contribution in [0.3, 0.4) is 0 Å². The summed E-state index contributed by atoms with van der Waals surface area (Å²) in [7, 11) is 0. The number of unbranched alkanes of at least 4 members (excludes halogenated alkanes) is 30. The molecule has 1 fully saturated rings. The third-order valence-corrected chi connectivity index (χ3v) is 17.0. The predicted molar refractivity (Wildman–Crippen MR) is 393 cm³/mol. The van der Waals surface area contributed by atoms with Gasteiger partial charge in [-0.05, 0) is 122 Å². The molecule has 93 heavy (non-hydrogen) atoms. The van der Waals surface area contributed by atoms with E-state index in [2.05, 4.69) is 148 Å². The summed E-state index contributed by atoms with van der Waals surface area (Å²) in [6.45, 7) is 5.66. The summed E-state index contributed by atoms with van der Waals surface area (Å²) in [5, 5.41) is 57.4. The number of esters is 1. The van der Waals surface area contributed by atoms with Crippen molar-refractivity contribution in [2.24, 2.45) is 0 Å². The van der Waals surface area contributed by atoms with Crippen LogP contribution in [0.15, 0.2) is 134 Å². The second-order valence-electron chi connectivity index (χ2n) is 25.6. The molecule has 11 nitrogen and oxygen atoms in total. The Labute approximate surface area is 569 Å². The Bertz CT molecular complexity index is 2030. The van der Waals surface area contributed by atoms with Crippen LogP contribution in [0.4, 0.5) is 0 Å². The van der Waals surface area contributed by atoms with Crippen molar-refractivity contribution < 1.29 is 49.3 Å². The molecule has 6 N–H and O–H groups in total. The molecule has 0 radical (unpaired) electrons. The van der Waals surface area contributed by atoms with E-state index >= 15 is 0 Å². The van der Waals surface area contributed by atoms with Gasteiger partial charge in [0.25, 0.3) is 0 Å². The molecule has 1 heterocycles. The van der Waals surface area contributed by atoms with Gasteiger partial charge in [0.1, 0.15) is 24.4 Å². The molecule has 8 atom stereocenters. The number of rotatable bonds is 64. The zero-order chi connectivity index (χ0) is 67.4. The van der Waals surface area contributed by atoms with Gasteiger partial charge in [-0.15, -0.1) is 0 Å². The summed E-state index contributed by atoms with van der Waals surface area (Å²) in [6.07, 6.45) is 86.2. The molecule has 0 saturated carbocycles. The van der Waals surface area contributed by atoms with Crippen molar-refractivity contribution >= 4 is 11.9 Å². The van der Waals surface area contributed by atoms with E-state index in [4.69, 9.17) is 14.2 Å². The molecule has 1 aliphatic heterocycles. The average Bonchev–Trinajstić information content (AvgIpc) is 0.843. The van der Waals surface area contributed by atoms with Crippen LogP contribution in [0.25, 0.3) is 0 Å². The number of carbonyl (C=O) groups is 2. The zero-order valence-electron chi connectivity index (χ0n) is 59.3. The van der Waals surface area contributed by atoms with Crippen LogP contribution < -0.4 is 5.32 Å². The number of nitrogens with one attached hydrogen (secondary N) is 1. The minimum absolute atomic E-state index is 0.0991. The average molecular weight is 1300 g/mol. The first kappa shape index (κ1) is 86.8. The summed E-state index contributed by atoms with van der Waals surface area (Å²) < 4.78 is 17.7. The number of amides is 1. The summed E-state index contributed by atoms with van der Waals surface area (Å²) in [4.78, 5) is 26.8. The van der Waals surface area contributed by atoms with Crippen LogP contribution in [-0.4, -0.2) is 99.6 Å². The van der Waals surface area contributed by atoms with Gasteiger partial charge in [0.2, 0.25) is 5.91 Å². The number of ether oxygens (including phenoxy) is 3. The number of hydrogen-bond donors (Lipinski definition) is 6. The Morgan fingerprint density at radius 2 is 0.774 bits per heavy atom. The van der Waals surface area contributed by atoms with E-state index in [1.165, 1.54) is 122 Å². The third-order valence-electron chi connectivity index (χ3n) is 17.0. The molecule has 11 heteroatoms. The highest BCUT2D eigenvalue weighted by atomic mass is 16.7. The monoisotopic (exact) mass is 1300 g/mol. The summed E-state index contributed by atoms with van der Waals surface area (Å²) in [6, 6.07) is -1.04. The van der Waals surface area contributed by atoms with Gasteiger partial charge in [0.15, 0.2) is 12.4 Å². The highest BCUT2D eigenvalue weighted by molar-refractivity contribution is 5.80. The second kappa shape index (κ2) is 67.8. The lowest BCUT2D eigenvalue weighted by Gasteiger charge is -2.41. The van der Waals surface area contributed by atoms with E-state index in [-0.39, 0.29) is 19.4 Å². The largest absolute Gasteiger partial charge is 0.454 e. The van der Waals surface area contributed by atoms with E-state index in [9.17, 15) is 35.1 Å². The molecule has 8 unspecified atom stereocenters. The van der Waals surface area contributed by atoms with Crippen LogP contribution in [0.2, 0.25) is 0 Å². The molecule has 1 saturated heterocycles. The van der Waals surface area contributed by atoms with E-state index < -0.39 is 67.4 Å². The van der Waals surface area contributed by atoms with Gasteiger partial charge in [0.05, 0.1) is 25.4 Å². The van der Waals surface area contributed by atoms with Gasteiger partial charge in [-0.3, -0.25) is 9.59 Å². The van der Waals surface area contributed by atoms with Crippen LogP contribution in [0, 0.1) is 0 Å². The number of allylic oxidation sites excluding steroid dienone is 21. The van der Waals surface area contributed by atoms with E-state index in [1.54, 1.807) is 6.08 Å². The van der Waals surface area contributed by atoms with Crippen LogP contribution in [-0.2, 0) is 23.8 Å². The van der Waals surface area contributed by atoms with Crippen molar-refractivity contribution in [2.45, 2.75) is 359 Å². The fraction of sp³-hybridized carbons (Fsp3) is 0.707. The van der Waals surface area contributed by atoms with E-state index in [0.717, 1.165) is 141 Å². The van der Waals surface area contributed by atoms with Gasteiger partial charge in [-0.25, -0.2) is 0 Å². The smallest absolute Gasteiger partial charge is 0.306 e. The maximum Gasteiger partial charge on any atom is 0.306 e. The van der Waals surface area contributed by atoms with Crippen molar-refractivity contribution in [3.05, 3.63) is 134 Å². The van der Waals surface area contributed by atoms with Gasteiger partial charge in [0, 0.05) is 6.42 Å². The molecule has 532 valence electrons. The SMILES string of the molecule is CC/C=C\C/C=C\C/C=C\C/C=C\C/C=C\C/C=C\CCCCCCCCC(=O)OC1C(OCC(NC(=O)C(O)CCCCCCCCCCCC/C=C\C/C=C\C/C=C\C/C=C\CCCCC)C(O)/C=C/CCCCCCCCCCCCC)OC(CO)C(O)C1O. The molecule has 0 aliphatic carbocycles. The maximum atomic E-state index is 13.5. The maximum absolute atomic E-state index is 13.5. The third kappa shape index (κ3) is 54.6. The first-order valence-electron chi connectivity index (χ1n) is 38.0. The minimum atomic E-state index is -1.63. The first-order valence-corrected chi connectivity index (χ1v) is 38.0. The Morgan fingerprint density at radius 1 is 0.430 bits per heavy atom. The molecular formula is C82H139NO10. The predicted octanol–water partition coefficient (Wildman–Crippen LogP) is 20.3. The second-order valence-corrected chi connectivity index (χ2v) is 25.6. The Kier molecular flexibility index (Phi) is 63.3. The molecule has 1 rings (SSSR count). The number of carbonyl (C=O) groups excluding carboxylic acids is 2. The van der Waals surface area contributed by atoms with Crippen LogP contribution in [0.1, 0.15) is 310 Å². The van der Waals surface area contributed by atoms with Crippen molar-refractivity contribution in [3.8, 4) is 0 Å². The Morgan fingerprint density at radius 3 is 1.18 bits per heavy atom. The van der Waals surface area contributed by atoms with E-state index in [1.807, 2.05) is 6.08 Å². The quantitative estimate of drug-likeness (QED) is 0.0195. The minimum Gasteiger partial charge on any atom is -0.454 e. The summed E-state index contributed by atoms with van der Waals surface area (Å²) in [5.41, 5.74) is 0. The zero-order valence-corrected chi connectivity index (χ0v) is 59.3. The van der Waals surface area contributed by atoms with Crippen molar-refractivity contribution in [2.75, 3.05) is 13.2 Å². The lowest BCUT2D eigenvalue weighted by atomic mass is 9.99. The normalized spacial score (nSPS) is 18.6. The Hall–Kier alpha value is -4.20. The molecule has 1 amide bonds. The van der Waals surface area contributed by atoms with Gasteiger partial charge >= 0.3 is 5.97 Å². The van der Waals surface area contributed by atoms with Gasteiger partial charge in [-0.1, -0.05) is 315 Å². The Balaban J connectivity index is 2.58. The topological polar surface area (TPSA) is 175 Å². The molecule has 1 aliphatic rings. The molecule has 0 aromatic rings. The molecule has 0 aromatic heterocycles. The first-order chi connectivity index (χ1) is 45.7. The molecule has 0 spiro atoms. The highest BCUT2D eigenvalue weighted by Gasteiger charge is 2.47. The van der Waals surface area contributed by atoms with Crippen molar-refractivity contribution in [3.63, 3.8) is 0 Å². The lowest BCUT2D eigenvalue weighted by Crippen LogP contribution is -2.61. The standard InChI is InChI=1S/C82H139NO10/c1-4-7-10-13-16-19-22-25-27-29-31-33-35-37-39-40-42-44-46-48-51-54-57-60-63-66-69-75(86)81(90)83-73(74(85)68-65-62-59-56-53-50-24-21-18-15-12-9-6-3)72-91-82-80(79(89)78(88)76(71-84)92-82)93-77(87)70-67-64-61-58-55-52-49-47-45-43-41-38-36-34-32-30-28-26-23-20-17-14-11-8-5-2/h8,11,16-17,19-20,25-28,31-34,37-39,41,45,47,65,68,73-76,78-80,82,84-86,88-89H,4-7,9-10,12-15,18,21-24,29-30,35-36,40,42-44,46,48-64,66-67,69-72H2,1-3H3,(H,83,90)/b11-8-,19-16-,20-17-,27-25-,28-26-,33-31-,34-32-,39-37-,41-38-,47-45-,68-65+. The highest BCUT2D eigenvalue weighted by Crippen LogP contribution is 2.26. The lowest BCUT2D eigenvalue weighted by molar-refractivity contribution is -0.305. The summed E-state index contributed by atoms with van der Waals surface area (Å²) in [5.74, 6) is -1.22. The fourth-order valence-electron chi connectivity index (χ4n) is 11.1.